The zero-order valence-corrected chi connectivity index (χ0v) is 17.4. The molecule has 1 saturated heterocycles. The van der Waals surface area contributed by atoms with Crippen LogP contribution in [0.1, 0.15) is 39.3 Å². The quantitative estimate of drug-likeness (QED) is 0.340. The molecule has 11 nitrogen and oxygen atoms in total. The van der Waals surface area contributed by atoms with Crippen LogP contribution in [0.5, 0.6) is 0 Å². The van der Waals surface area contributed by atoms with Crippen molar-refractivity contribution in [3.05, 3.63) is 18.2 Å². The number of hydrogen-bond acceptors (Lipinski definition) is 6. The maximum absolute atomic E-state index is 12.7. The number of nitrogens with two attached hydrogens (primary N) is 1. The third-order valence-corrected chi connectivity index (χ3v) is 5.13. The highest BCUT2D eigenvalue weighted by Gasteiger charge is 2.37. The van der Waals surface area contributed by atoms with Gasteiger partial charge < -0.3 is 31.4 Å². The van der Waals surface area contributed by atoms with Crippen LogP contribution in [0.2, 0.25) is 0 Å². The Bertz CT molecular complexity index is 765. The summed E-state index contributed by atoms with van der Waals surface area (Å²) in [6.07, 6.45) is 4.47. The third-order valence-electron chi connectivity index (χ3n) is 5.13. The average molecular weight is 422 g/mol. The number of imidazole rings is 1. The van der Waals surface area contributed by atoms with Crippen molar-refractivity contribution in [3.8, 4) is 0 Å². The van der Waals surface area contributed by atoms with Crippen molar-refractivity contribution in [1.29, 1.82) is 0 Å². The van der Waals surface area contributed by atoms with E-state index in [9.17, 15) is 24.3 Å². The van der Waals surface area contributed by atoms with Gasteiger partial charge in [0.2, 0.25) is 17.7 Å². The molecule has 1 aliphatic rings. The second-order valence-electron chi connectivity index (χ2n) is 7.88. The molecule has 4 unspecified atom stereocenters. The Hall–Kier alpha value is -2.95. The van der Waals surface area contributed by atoms with Gasteiger partial charge in [0.15, 0.2) is 0 Å². The first-order chi connectivity index (χ1) is 14.1. The maximum atomic E-state index is 12.7. The highest BCUT2D eigenvalue weighted by molar-refractivity contribution is 5.94. The second-order valence-corrected chi connectivity index (χ2v) is 7.88. The molecule has 3 amide bonds. The SMILES string of the molecule is CC(NC(=O)C1CCCN1C(=O)C(N)Cc1cnc[nH]1)C(=O)NC(C(=O)O)C(C)C. The number of carboxylic acid groups (broad SMARTS) is 1. The van der Waals surface area contributed by atoms with Crippen molar-refractivity contribution in [3.63, 3.8) is 0 Å². The zero-order valence-electron chi connectivity index (χ0n) is 17.4. The Balaban J connectivity index is 1.95. The first-order valence-corrected chi connectivity index (χ1v) is 9.98. The molecule has 1 aliphatic heterocycles. The first kappa shape index (κ1) is 23.3. The van der Waals surface area contributed by atoms with E-state index in [4.69, 9.17) is 5.73 Å². The lowest BCUT2D eigenvalue weighted by Crippen LogP contribution is -2.56. The molecule has 2 heterocycles. The van der Waals surface area contributed by atoms with Crippen molar-refractivity contribution < 1.29 is 24.3 Å². The fourth-order valence-electron chi connectivity index (χ4n) is 3.40. The van der Waals surface area contributed by atoms with Crippen LogP contribution in [0.4, 0.5) is 0 Å². The molecule has 4 atom stereocenters. The number of nitrogens with zero attached hydrogens (tertiary/aromatic N) is 2. The highest BCUT2D eigenvalue weighted by atomic mass is 16.4. The number of aromatic nitrogens is 2. The van der Waals surface area contributed by atoms with Gasteiger partial charge in [-0.15, -0.1) is 0 Å². The van der Waals surface area contributed by atoms with E-state index in [0.29, 0.717) is 19.4 Å². The standard InChI is InChI=1S/C19H30N6O5/c1-10(2)15(19(29)30)24-16(26)11(3)23-17(27)14-5-4-6-25(14)18(28)13(20)7-12-8-21-9-22-12/h8-11,13-15H,4-7,20H2,1-3H3,(H,21,22)(H,23,27)(H,24,26)(H,29,30). The Morgan fingerprint density at radius 2 is 2.00 bits per heavy atom. The Kier molecular flexibility index (Phi) is 7.93. The van der Waals surface area contributed by atoms with Gasteiger partial charge in [0.1, 0.15) is 18.1 Å². The molecule has 0 spiro atoms. The predicted molar refractivity (Wildman–Crippen MR) is 107 cm³/mol. The van der Waals surface area contributed by atoms with Crippen molar-refractivity contribution in [2.24, 2.45) is 11.7 Å². The van der Waals surface area contributed by atoms with Crippen LogP contribution in [-0.4, -0.2) is 74.4 Å². The number of carbonyl (C=O) groups is 4. The summed E-state index contributed by atoms with van der Waals surface area (Å²) in [6, 6.07) is -3.54. The number of likely N-dealkylation sites (tertiary alicyclic amines) is 1. The molecule has 1 aromatic rings. The maximum Gasteiger partial charge on any atom is 0.326 e. The minimum absolute atomic E-state index is 0.272. The molecule has 0 radical (unpaired) electrons. The van der Waals surface area contributed by atoms with E-state index in [2.05, 4.69) is 20.6 Å². The van der Waals surface area contributed by atoms with Crippen LogP contribution in [0, 0.1) is 5.92 Å². The molecule has 0 bridgehead atoms. The van der Waals surface area contributed by atoms with Crippen molar-refractivity contribution >= 4 is 23.7 Å². The smallest absolute Gasteiger partial charge is 0.326 e. The zero-order chi connectivity index (χ0) is 22.4. The van der Waals surface area contributed by atoms with Crippen molar-refractivity contribution in [2.75, 3.05) is 6.54 Å². The van der Waals surface area contributed by atoms with E-state index in [0.717, 1.165) is 5.69 Å². The number of carbonyl (C=O) groups excluding carboxylic acids is 3. The molecule has 0 aliphatic carbocycles. The van der Waals surface area contributed by atoms with Crippen LogP contribution in [0.15, 0.2) is 12.5 Å². The number of nitrogens with one attached hydrogen (secondary N) is 3. The molecule has 30 heavy (non-hydrogen) atoms. The summed E-state index contributed by atoms with van der Waals surface area (Å²) in [7, 11) is 0. The number of aliphatic carboxylic acids is 1. The van der Waals surface area contributed by atoms with Crippen LogP contribution in [0.25, 0.3) is 0 Å². The van der Waals surface area contributed by atoms with Gasteiger partial charge in [-0.3, -0.25) is 14.4 Å². The Labute approximate surface area is 174 Å². The summed E-state index contributed by atoms with van der Waals surface area (Å²) < 4.78 is 0. The molecular formula is C19H30N6O5. The van der Waals surface area contributed by atoms with Crippen LogP contribution in [0.3, 0.4) is 0 Å². The van der Waals surface area contributed by atoms with Crippen LogP contribution in [-0.2, 0) is 25.6 Å². The summed E-state index contributed by atoms with van der Waals surface area (Å²) >= 11 is 0. The summed E-state index contributed by atoms with van der Waals surface area (Å²) in [5.41, 5.74) is 6.74. The molecule has 1 aromatic heterocycles. The highest BCUT2D eigenvalue weighted by Crippen LogP contribution is 2.19. The minimum Gasteiger partial charge on any atom is -0.480 e. The topological polar surface area (TPSA) is 171 Å². The van der Waals surface area contributed by atoms with E-state index in [-0.39, 0.29) is 18.2 Å². The van der Waals surface area contributed by atoms with E-state index in [1.54, 1.807) is 20.0 Å². The van der Waals surface area contributed by atoms with E-state index in [1.807, 2.05) is 0 Å². The third kappa shape index (κ3) is 5.78. The van der Waals surface area contributed by atoms with Crippen molar-refractivity contribution in [1.82, 2.24) is 25.5 Å². The fraction of sp³-hybridized carbons (Fsp3) is 0.632. The summed E-state index contributed by atoms with van der Waals surface area (Å²) in [4.78, 5) is 57.3. The summed E-state index contributed by atoms with van der Waals surface area (Å²) in [6.45, 7) is 5.23. The average Bonchev–Trinajstić information content (AvgIpc) is 3.36. The lowest BCUT2D eigenvalue weighted by Gasteiger charge is -2.28. The Morgan fingerprint density at radius 1 is 1.30 bits per heavy atom. The van der Waals surface area contributed by atoms with Gasteiger partial charge in [-0.2, -0.15) is 0 Å². The van der Waals surface area contributed by atoms with Gasteiger partial charge in [0.05, 0.1) is 12.4 Å². The lowest BCUT2D eigenvalue weighted by molar-refractivity contribution is -0.144. The molecule has 0 saturated carbocycles. The fourth-order valence-corrected chi connectivity index (χ4v) is 3.40. The van der Waals surface area contributed by atoms with Gasteiger partial charge >= 0.3 is 5.97 Å². The molecule has 11 heteroatoms. The number of amides is 3. The number of carboxylic acids is 1. The summed E-state index contributed by atoms with van der Waals surface area (Å²) in [5, 5.41) is 14.2. The molecule has 0 aromatic carbocycles. The molecule has 6 N–H and O–H groups in total. The molecule has 166 valence electrons. The largest absolute Gasteiger partial charge is 0.480 e. The minimum atomic E-state index is -1.14. The molecule has 2 rings (SSSR count). The number of H-pyrrole nitrogens is 1. The lowest BCUT2D eigenvalue weighted by atomic mass is 10.0. The van der Waals surface area contributed by atoms with Gasteiger partial charge in [-0.1, -0.05) is 13.8 Å². The van der Waals surface area contributed by atoms with Gasteiger partial charge in [0.25, 0.3) is 0 Å². The number of hydrogen-bond donors (Lipinski definition) is 5. The van der Waals surface area contributed by atoms with Gasteiger partial charge in [-0.05, 0) is 25.7 Å². The van der Waals surface area contributed by atoms with Gasteiger partial charge in [-0.25, -0.2) is 9.78 Å². The Morgan fingerprint density at radius 3 is 2.57 bits per heavy atom. The second kappa shape index (κ2) is 10.2. The number of rotatable bonds is 9. The normalized spacial score (nSPS) is 19.2. The summed E-state index contributed by atoms with van der Waals surface area (Å²) in [5.74, 6) is -2.86. The van der Waals surface area contributed by atoms with Crippen LogP contribution < -0.4 is 16.4 Å². The van der Waals surface area contributed by atoms with Crippen molar-refractivity contribution in [2.45, 2.75) is 64.2 Å². The van der Waals surface area contributed by atoms with Gasteiger partial charge in [0, 0.05) is 24.9 Å². The van der Waals surface area contributed by atoms with E-state index >= 15 is 0 Å². The van der Waals surface area contributed by atoms with E-state index < -0.39 is 42.0 Å². The molecule has 1 fully saturated rings. The van der Waals surface area contributed by atoms with E-state index in [1.165, 1.54) is 18.2 Å². The molecular weight excluding hydrogens is 392 g/mol. The predicted octanol–water partition coefficient (Wildman–Crippen LogP) is -0.999. The first-order valence-electron chi connectivity index (χ1n) is 9.98. The van der Waals surface area contributed by atoms with Crippen LogP contribution >= 0.6 is 0 Å². The number of aromatic amines is 1. The monoisotopic (exact) mass is 422 g/mol.